The van der Waals surface area contributed by atoms with Gasteiger partial charge in [0.2, 0.25) is 5.82 Å². The number of ether oxygens (including phenoxy) is 1. The van der Waals surface area contributed by atoms with Gasteiger partial charge in [0.15, 0.2) is 6.61 Å². The van der Waals surface area contributed by atoms with Gasteiger partial charge in [-0.25, -0.2) is 0 Å². The van der Waals surface area contributed by atoms with Crippen molar-refractivity contribution in [2.75, 3.05) is 19.7 Å². The third-order valence-corrected chi connectivity index (χ3v) is 4.34. The first-order valence-electron chi connectivity index (χ1n) is 8.85. The highest BCUT2D eigenvalue weighted by Gasteiger charge is 2.15. The van der Waals surface area contributed by atoms with Crippen molar-refractivity contribution in [1.29, 1.82) is 0 Å². The van der Waals surface area contributed by atoms with Gasteiger partial charge in [-0.2, -0.15) is 4.98 Å². The molecular formula is C20H19BrN4O4. The van der Waals surface area contributed by atoms with E-state index in [0.717, 1.165) is 15.6 Å². The molecule has 2 amide bonds. The maximum atomic E-state index is 12.1. The van der Waals surface area contributed by atoms with Crippen LogP contribution in [0.25, 0.3) is 11.4 Å². The van der Waals surface area contributed by atoms with Gasteiger partial charge in [-0.3, -0.25) is 9.59 Å². The number of nitrogens with zero attached hydrogens (tertiary/aromatic N) is 2. The van der Waals surface area contributed by atoms with Crippen LogP contribution < -0.4 is 15.4 Å². The molecule has 0 aliphatic rings. The summed E-state index contributed by atoms with van der Waals surface area (Å²) in [6, 6.07) is 14.7. The lowest BCUT2D eigenvalue weighted by molar-refractivity contribution is -0.123. The van der Waals surface area contributed by atoms with Crippen molar-refractivity contribution in [2.45, 2.75) is 6.92 Å². The quantitative estimate of drug-likeness (QED) is 0.502. The number of carbonyl (C=O) groups is 2. The molecule has 3 aromatic rings. The van der Waals surface area contributed by atoms with Gasteiger partial charge in [-0.05, 0) is 37.3 Å². The molecule has 1 heterocycles. The second-order valence-electron chi connectivity index (χ2n) is 6.14. The van der Waals surface area contributed by atoms with Crippen LogP contribution in [0.2, 0.25) is 0 Å². The zero-order valence-corrected chi connectivity index (χ0v) is 17.2. The van der Waals surface area contributed by atoms with Crippen LogP contribution in [0.1, 0.15) is 16.2 Å². The Labute approximate surface area is 175 Å². The highest BCUT2D eigenvalue weighted by Crippen LogP contribution is 2.17. The summed E-state index contributed by atoms with van der Waals surface area (Å²) in [5.74, 6) is 0.0135. The third-order valence-electron chi connectivity index (χ3n) is 3.81. The number of carbonyl (C=O) groups excluding carboxylic acids is 2. The van der Waals surface area contributed by atoms with Crippen LogP contribution in [-0.2, 0) is 4.79 Å². The van der Waals surface area contributed by atoms with Crippen molar-refractivity contribution >= 4 is 27.7 Å². The molecular weight excluding hydrogens is 440 g/mol. The topological polar surface area (TPSA) is 106 Å². The standard InChI is InChI=1S/C20H19BrN4O4/c1-13-3-2-4-14(11-13)18-24-20(29-25-18)19(27)23-10-9-22-17(26)12-28-16-7-5-15(21)6-8-16/h2-8,11H,9-10,12H2,1H3,(H,22,26)(H,23,27). The van der Waals surface area contributed by atoms with Crippen molar-refractivity contribution in [1.82, 2.24) is 20.8 Å². The van der Waals surface area contributed by atoms with E-state index in [9.17, 15) is 9.59 Å². The minimum Gasteiger partial charge on any atom is -0.484 e. The van der Waals surface area contributed by atoms with Crippen LogP contribution in [0.4, 0.5) is 0 Å². The zero-order chi connectivity index (χ0) is 20.6. The molecule has 0 saturated carbocycles. The van der Waals surface area contributed by atoms with E-state index >= 15 is 0 Å². The largest absolute Gasteiger partial charge is 0.484 e. The Morgan fingerprint density at radius 2 is 1.86 bits per heavy atom. The number of aromatic nitrogens is 2. The minimum atomic E-state index is -0.503. The Bertz CT molecular complexity index is 988. The average Bonchev–Trinajstić information content (AvgIpc) is 3.21. The molecule has 0 aliphatic heterocycles. The van der Waals surface area contributed by atoms with Gasteiger partial charge in [0.1, 0.15) is 5.75 Å². The summed E-state index contributed by atoms with van der Waals surface area (Å²) >= 11 is 3.33. The molecule has 0 unspecified atom stereocenters. The van der Waals surface area contributed by atoms with Crippen LogP contribution in [-0.4, -0.2) is 41.7 Å². The normalized spacial score (nSPS) is 10.4. The Hall–Kier alpha value is -3.20. The van der Waals surface area contributed by atoms with Gasteiger partial charge in [0.05, 0.1) is 0 Å². The van der Waals surface area contributed by atoms with Crippen molar-refractivity contribution < 1.29 is 18.8 Å². The molecule has 0 radical (unpaired) electrons. The number of halogens is 1. The van der Waals surface area contributed by atoms with Crippen molar-refractivity contribution in [3.8, 4) is 17.1 Å². The molecule has 2 aromatic carbocycles. The molecule has 9 heteroatoms. The molecule has 0 aliphatic carbocycles. The number of hydrogen-bond acceptors (Lipinski definition) is 6. The molecule has 29 heavy (non-hydrogen) atoms. The third kappa shape index (κ3) is 6.15. The van der Waals surface area contributed by atoms with Crippen LogP contribution in [0.3, 0.4) is 0 Å². The van der Waals surface area contributed by atoms with Gasteiger partial charge in [0.25, 0.3) is 5.91 Å². The number of rotatable bonds is 8. The Morgan fingerprint density at radius 1 is 1.10 bits per heavy atom. The minimum absolute atomic E-state index is 0.112. The first-order valence-corrected chi connectivity index (χ1v) is 9.64. The van der Waals surface area contributed by atoms with Crippen LogP contribution in [0.15, 0.2) is 57.5 Å². The lowest BCUT2D eigenvalue weighted by atomic mass is 10.1. The van der Waals surface area contributed by atoms with E-state index in [2.05, 4.69) is 36.7 Å². The average molecular weight is 459 g/mol. The first kappa shape index (κ1) is 20.5. The Kier molecular flexibility index (Phi) is 6.96. The molecule has 0 fully saturated rings. The predicted molar refractivity (Wildman–Crippen MR) is 109 cm³/mol. The van der Waals surface area contributed by atoms with Crippen LogP contribution in [0, 0.1) is 6.92 Å². The monoisotopic (exact) mass is 458 g/mol. The molecule has 3 rings (SSSR count). The highest BCUT2D eigenvalue weighted by molar-refractivity contribution is 9.10. The summed E-state index contributed by atoms with van der Waals surface area (Å²) in [5.41, 5.74) is 1.82. The van der Waals surface area contributed by atoms with Gasteiger partial charge >= 0.3 is 11.8 Å². The first-order chi connectivity index (χ1) is 14.0. The Balaban J connectivity index is 1.38. The lowest BCUT2D eigenvalue weighted by Crippen LogP contribution is -2.36. The van der Waals surface area contributed by atoms with E-state index < -0.39 is 5.91 Å². The number of amides is 2. The van der Waals surface area contributed by atoms with Crippen molar-refractivity contribution in [3.63, 3.8) is 0 Å². The van der Waals surface area contributed by atoms with Gasteiger partial charge in [-0.1, -0.05) is 44.8 Å². The van der Waals surface area contributed by atoms with E-state index in [-0.39, 0.29) is 31.5 Å². The van der Waals surface area contributed by atoms with Crippen molar-refractivity contribution in [2.24, 2.45) is 0 Å². The lowest BCUT2D eigenvalue weighted by Gasteiger charge is -2.07. The van der Waals surface area contributed by atoms with Crippen molar-refractivity contribution in [3.05, 3.63) is 64.5 Å². The number of benzene rings is 2. The molecule has 1 aromatic heterocycles. The second kappa shape index (κ2) is 9.83. The molecule has 0 bridgehead atoms. The highest BCUT2D eigenvalue weighted by atomic mass is 79.9. The summed E-state index contributed by atoms with van der Waals surface area (Å²) < 4.78 is 11.3. The van der Waals surface area contributed by atoms with Gasteiger partial charge in [0, 0.05) is 23.1 Å². The molecule has 2 N–H and O–H groups in total. The fraction of sp³-hybridized carbons (Fsp3) is 0.200. The molecule has 8 nitrogen and oxygen atoms in total. The summed E-state index contributed by atoms with van der Waals surface area (Å²) in [7, 11) is 0. The number of aryl methyl sites for hydroxylation is 1. The smallest absolute Gasteiger partial charge is 0.316 e. The SMILES string of the molecule is Cc1cccc(-c2noc(C(=O)NCCNC(=O)COc3ccc(Br)cc3)n2)c1. The summed E-state index contributed by atoms with van der Waals surface area (Å²) in [5, 5.41) is 9.10. The van der Waals surface area contributed by atoms with Crippen LogP contribution in [0.5, 0.6) is 5.75 Å². The molecule has 0 saturated heterocycles. The fourth-order valence-corrected chi connectivity index (χ4v) is 2.67. The van der Waals surface area contributed by atoms with Crippen LogP contribution >= 0.6 is 15.9 Å². The summed E-state index contributed by atoms with van der Waals surface area (Å²) in [6.45, 7) is 2.30. The second-order valence-corrected chi connectivity index (χ2v) is 7.06. The van der Waals surface area contributed by atoms with E-state index in [1.807, 2.05) is 43.3 Å². The molecule has 150 valence electrons. The number of nitrogens with one attached hydrogen (secondary N) is 2. The maximum Gasteiger partial charge on any atom is 0.316 e. The predicted octanol–water partition coefficient (Wildman–Crippen LogP) is 2.73. The van der Waals surface area contributed by atoms with E-state index in [4.69, 9.17) is 9.26 Å². The summed E-state index contributed by atoms with van der Waals surface area (Å²) in [6.07, 6.45) is 0. The van der Waals surface area contributed by atoms with Gasteiger partial charge in [-0.15, -0.1) is 0 Å². The number of hydrogen-bond donors (Lipinski definition) is 2. The van der Waals surface area contributed by atoms with Gasteiger partial charge < -0.3 is 19.9 Å². The van der Waals surface area contributed by atoms with E-state index in [0.29, 0.717) is 11.6 Å². The van der Waals surface area contributed by atoms with E-state index in [1.165, 1.54) is 0 Å². The maximum absolute atomic E-state index is 12.1. The zero-order valence-electron chi connectivity index (χ0n) is 15.6. The van der Waals surface area contributed by atoms with E-state index in [1.54, 1.807) is 12.1 Å². The molecule has 0 atom stereocenters. The Morgan fingerprint density at radius 3 is 2.62 bits per heavy atom. The summed E-state index contributed by atoms with van der Waals surface area (Å²) in [4.78, 5) is 28.0. The molecule has 0 spiro atoms. The fourth-order valence-electron chi connectivity index (χ4n) is 2.40.